The van der Waals surface area contributed by atoms with E-state index in [4.69, 9.17) is 12.2 Å². The van der Waals surface area contributed by atoms with E-state index in [0.29, 0.717) is 0 Å². The van der Waals surface area contributed by atoms with Gasteiger partial charge in [0.05, 0.1) is 5.49 Å². The number of thiocarbonyl (C=S) groups is 1. The zero-order valence-corrected chi connectivity index (χ0v) is 6.75. The highest BCUT2D eigenvalue weighted by molar-refractivity contribution is 7.78. The van der Waals surface area contributed by atoms with Crippen molar-refractivity contribution in [1.82, 2.24) is 4.90 Å². The van der Waals surface area contributed by atoms with Crippen molar-refractivity contribution in [3.05, 3.63) is 0 Å². The second-order valence-corrected chi connectivity index (χ2v) is 3.10. The lowest BCUT2D eigenvalue weighted by Crippen LogP contribution is -2.36. The molecule has 0 N–H and O–H groups in total. The summed E-state index contributed by atoms with van der Waals surface area (Å²) < 4.78 is 0. The topological polar surface area (TPSA) is 3.24 Å². The largest absolute Gasteiger partial charge is 0.367 e. The molecule has 0 saturated carbocycles. The van der Waals surface area contributed by atoms with Gasteiger partial charge < -0.3 is 4.90 Å². The predicted octanol–water partition coefficient (Wildman–Crippen LogP) is 1.67. The zero-order valence-electron chi connectivity index (χ0n) is 5.93. The summed E-state index contributed by atoms with van der Waals surface area (Å²) in [5.74, 6) is 0. The van der Waals surface area contributed by atoms with Crippen LogP contribution in [0.15, 0.2) is 0 Å². The third-order valence-electron chi connectivity index (χ3n) is 1.22. The van der Waals surface area contributed by atoms with Crippen LogP contribution in [0.1, 0.15) is 20.8 Å². The van der Waals surface area contributed by atoms with Crippen LogP contribution >= 0.6 is 12.2 Å². The van der Waals surface area contributed by atoms with Crippen molar-refractivity contribution in [3.8, 4) is 0 Å². The first-order valence-corrected chi connectivity index (χ1v) is 3.14. The maximum Gasteiger partial charge on any atom is 0.0642 e. The molecule has 0 rings (SSSR count). The fourth-order valence-corrected chi connectivity index (χ4v) is 0.474. The molecule has 8 heavy (non-hydrogen) atoms. The van der Waals surface area contributed by atoms with Crippen LogP contribution in [0, 0.1) is 0 Å². The van der Waals surface area contributed by atoms with Gasteiger partial charge in [-0.3, -0.25) is 0 Å². The molecule has 0 radical (unpaired) electrons. The van der Waals surface area contributed by atoms with Crippen LogP contribution in [0.3, 0.4) is 0 Å². The van der Waals surface area contributed by atoms with E-state index < -0.39 is 0 Å². The number of nitrogens with zero attached hydrogens (tertiary/aromatic N) is 1. The summed E-state index contributed by atoms with van der Waals surface area (Å²) in [5, 5.41) is 0. The van der Waals surface area contributed by atoms with Crippen molar-refractivity contribution in [2.75, 3.05) is 7.05 Å². The monoisotopic (exact) mass is 131 g/mol. The summed E-state index contributed by atoms with van der Waals surface area (Å²) in [7, 11) is 1.98. The Hall–Kier alpha value is -0.110. The van der Waals surface area contributed by atoms with Crippen molar-refractivity contribution >= 4 is 17.7 Å². The van der Waals surface area contributed by atoms with Crippen LogP contribution < -0.4 is 0 Å². The van der Waals surface area contributed by atoms with Crippen LogP contribution in [0.25, 0.3) is 0 Å². The van der Waals surface area contributed by atoms with E-state index in [1.165, 1.54) is 0 Å². The fourth-order valence-electron chi connectivity index (χ4n) is 0.158. The Morgan fingerprint density at radius 1 is 1.38 bits per heavy atom. The van der Waals surface area contributed by atoms with Crippen LogP contribution in [0.2, 0.25) is 0 Å². The average Bonchev–Trinajstić information content (AvgIpc) is 1.62. The average molecular weight is 131 g/mol. The highest BCUT2D eigenvalue weighted by Crippen LogP contribution is 2.06. The zero-order chi connectivity index (χ0) is 6.78. The first-order valence-electron chi connectivity index (χ1n) is 2.66. The summed E-state index contributed by atoms with van der Waals surface area (Å²) in [6, 6.07) is 0. The first-order chi connectivity index (χ1) is 3.48. The van der Waals surface area contributed by atoms with Crippen LogP contribution in [-0.2, 0) is 0 Å². The Bertz CT molecular complexity index is 83.0. The smallest absolute Gasteiger partial charge is 0.0642 e. The lowest BCUT2D eigenvalue weighted by Gasteiger charge is -2.29. The van der Waals surface area contributed by atoms with Gasteiger partial charge in [0.2, 0.25) is 0 Å². The molecule has 0 heterocycles. The van der Waals surface area contributed by atoms with Gasteiger partial charge in [-0.05, 0) is 20.8 Å². The minimum atomic E-state index is 0.182. The van der Waals surface area contributed by atoms with Crippen molar-refractivity contribution < 1.29 is 0 Å². The second-order valence-electron chi connectivity index (χ2n) is 2.89. The maximum absolute atomic E-state index is 4.72. The van der Waals surface area contributed by atoms with E-state index >= 15 is 0 Å². The minimum Gasteiger partial charge on any atom is -0.367 e. The lowest BCUT2D eigenvalue weighted by molar-refractivity contribution is 0.294. The molecule has 0 atom stereocenters. The van der Waals surface area contributed by atoms with E-state index in [9.17, 15) is 0 Å². The molecule has 2 heteroatoms. The summed E-state index contributed by atoms with van der Waals surface area (Å²) >= 11 is 4.72. The predicted molar refractivity (Wildman–Crippen MR) is 41.2 cm³/mol. The molecular weight excluding hydrogens is 118 g/mol. The summed E-state index contributed by atoms with van der Waals surface area (Å²) in [6.45, 7) is 6.36. The van der Waals surface area contributed by atoms with E-state index in [0.717, 1.165) is 0 Å². The Morgan fingerprint density at radius 3 is 1.75 bits per heavy atom. The molecule has 0 aromatic heterocycles. The quantitative estimate of drug-likeness (QED) is 0.498. The highest BCUT2D eigenvalue weighted by atomic mass is 32.1. The van der Waals surface area contributed by atoms with Crippen molar-refractivity contribution in [2.24, 2.45) is 0 Å². The number of hydrogen-bond donors (Lipinski definition) is 0. The maximum atomic E-state index is 4.72. The van der Waals surface area contributed by atoms with E-state index in [1.807, 2.05) is 11.9 Å². The molecule has 0 fully saturated rings. The molecule has 1 nitrogen and oxygen atoms in total. The molecule has 0 unspecified atom stereocenters. The molecule has 48 valence electrons. The Kier molecular flexibility index (Phi) is 2.41. The van der Waals surface area contributed by atoms with Crippen LogP contribution in [-0.4, -0.2) is 23.0 Å². The molecule has 0 aromatic carbocycles. The fraction of sp³-hybridized carbons (Fsp3) is 0.833. The van der Waals surface area contributed by atoms with Gasteiger partial charge in [0.15, 0.2) is 0 Å². The van der Waals surface area contributed by atoms with Gasteiger partial charge in [0.1, 0.15) is 0 Å². The van der Waals surface area contributed by atoms with Crippen LogP contribution in [0.5, 0.6) is 0 Å². The van der Waals surface area contributed by atoms with Crippen molar-refractivity contribution in [1.29, 1.82) is 0 Å². The van der Waals surface area contributed by atoms with Gasteiger partial charge in [-0.25, -0.2) is 0 Å². The minimum absolute atomic E-state index is 0.182. The van der Waals surface area contributed by atoms with Gasteiger partial charge in [0.25, 0.3) is 0 Å². The standard InChI is InChI=1S/C6H13NS/c1-6(2,3)7(4)5-8/h5H,1-4H3. The molecule has 0 saturated heterocycles. The molecule has 0 amide bonds. The Labute approximate surface area is 56.7 Å². The van der Waals surface area contributed by atoms with Gasteiger partial charge in [0, 0.05) is 12.6 Å². The van der Waals surface area contributed by atoms with E-state index in [-0.39, 0.29) is 5.54 Å². The normalized spacial score (nSPS) is 11.0. The summed E-state index contributed by atoms with van der Waals surface area (Å²) in [4.78, 5) is 2.00. The Balaban J connectivity index is 3.80. The third kappa shape index (κ3) is 2.26. The van der Waals surface area contributed by atoms with Gasteiger partial charge in [-0.15, -0.1) is 0 Å². The van der Waals surface area contributed by atoms with Gasteiger partial charge in [-0.1, -0.05) is 12.2 Å². The lowest BCUT2D eigenvalue weighted by atomic mass is 10.1. The number of hydrogen-bond acceptors (Lipinski definition) is 1. The molecule has 0 aliphatic heterocycles. The Morgan fingerprint density at radius 2 is 1.75 bits per heavy atom. The third-order valence-corrected chi connectivity index (χ3v) is 1.53. The van der Waals surface area contributed by atoms with Crippen LogP contribution in [0.4, 0.5) is 0 Å². The van der Waals surface area contributed by atoms with Crippen molar-refractivity contribution in [2.45, 2.75) is 26.3 Å². The van der Waals surface area contributed by atoms with E-state index in [1.54, 1.807) is 5.49 Å². The first kappa shape index (κ1) is 7.89. The molecule has 0 spiro atoms. The molecule has 0 aliphatic rings. The SMILES string of the molecule is CN(C=S)C(C)(C)C. The second kappa shape index (κ2) is 2.44. The van der Waals surface area contributed by atoms with Crippen molar-refractivity contribution in [3.63, 3.8) is 0 Å². The highest BCUT2D eigenvalue weighted by Gasteiger charge is 2.12. The molecule has 0 aromatic rings. The molecule has 0 bridgehead atoms. The number of rotatable bonds is 1. The molecule has 0 aliphatic carbocycles. The van der Waals surface area contributed by atoms with Gasteiger partial charge in [-0.2, -0.15) is 0 Å². The summed E-state index contributed by atoms with van der Waals surface area (Å²) in [5.41, 5.74) is 1.85. The summed E-state index contributed by atoms with van der Waals surface area (Å²) in [6.07, 6.45) is 0. The van der Waals surface area contributed by atoms with Gasteiger partial charge >= 0.3 is 0 Å². The molecular formula is C6H13NS. The van der Waals surface area contributed by atoms with E-state index in [2.05, 4.69) is 20.8 Å².